The molecule has 2 N–H and O–H groups in total. The van der Waals surface area contributed by atoms with E-state index in [0.717, 1.165) is 25.2 Å². The van der Waals surface area contributed by atoms with Crippen molar-refractivity contribution in [1.82, 2.24) is 0 Å². The lowest BCUT2D eigenvalue weighted by Gasteiger charge is -2.39. The van der Waals surface area contributed by atoms with Gasteiger partial charge in [0.2, 0.25) is 0 Å². The Morgan fingerprint density at radius 3 is 1.83 bits per heavy atom. The van der Waals surface area contributed by atoms with Gasteiger partial charge in [0.1, 0.15) is 0 Å². The van der Waals surface area contributed by atoms with Crippen molar-refractivity contribution < 1.29 is 15.0 Å². The van der Waals surface area contributed by atoms with Gasteiger partial charge >= 0.3 is 5.97 Å². The van der Waals surface area contributed by atoms with Crippen LogP contribution in [0.4, 0.5) is 0 Å². The number of hydrogen-bond acceptors (Lipinski definition) is 2. The van der Waals surface area contributed by atoms with Crippen molar-refractivity contribution in [1.29, 1.82) is 0 Å². The Hall–Kier alpha value is -0.570. The molecular weight excluding hydrogens is 300 g/mol. The van der Waals surface area contributed by atoms with E-state index in [1.807, 2.05) is 6.92 Å². The highest BCUT2D eigenvalue weighted by Gasteiger charge is 2.64. The average molecular weight is 337 g/mol. The zero-order chi connectivity index (χ0) is 18.2. The molecule has 0 heterocycles. The maximum absolute atomic E-state index is 11.3. The lowest BCUT2D eigenvalue weighted by atomic mass is 9.64. The van der Waals surface area contributed by atoms with Crippen LogP contribution in [0, 0.1) is 33.0 Å². The fraction of sp³-hybridized carbons (Fsp3) is 0.952. The van der Waals surface area contributed by atoms with E-state index < -0.39 is 11.4 Å². The summed E-state index contributed by atoms with van der Waals surface area (Å²) in [5.41, 5.74) is 0.330. The summed E-state index contributed by atoms with van der Waals surface area (Å²) in [5, 5.41) is 19.3. The molecule has 0 saturated heterocycles. The van der Waals surface area contributed by atoms with Gasteiger partial charge in [0.15, 0.2) is 0 Å². The lowest BCUT2D eigenvalue weighted by molar-refractivity contribution is -0.155. The molecule has 0 aromatic carbocycles. The van der Waals surface area contributed by atoms with E-state index in [4.69, 9.17) is 0 Å². The Bertz CT molecular complexity index is 551. The second kappa shape index (κ2) is 4.99. The Balaban J connectivity index is 0.000000143. The van der Waals surface area contributed by atoms with Gasteiger partial charge in [0, 0.05) is 0 Å². The number of aliphatic carboxylic acids is 1. The SMILES string of the molecule is CC12CCC(C)(C1)C(C)(C(=O)O)C2.CC12CCC(C1)C(C)(C)C2O. The van der Waals surface area contributed by atoms with Crippen molar-refractivity contribution in [2.24, 2.45) is 33.0 Å². The smallest absolute Gasteiger partial charge is 0.309 e. The van der Waals surface area contributed by atoms with Gasteiger partial charge in [0.05, 0.1) is 11.5 Å². The first-order valence-corrected chi connectivity index (χ1v) is 9.70. The molecule has 0 spiro atoms. The van der Waals surface area contributed by atoms with Crippen LogP contribution in [0.1, 0.15) is 86.5 Å². The number of hydrogen-bond donors (Lipinski definition) is 2. The van der Waals surface area contributed by atoms with Crippen molar-refractivity contribution >= 4 is 5.97 Å². The Labute approximate surface area is 147 Å². The van der Waals surface area contributed by atoms with E-state index >= 15 is 0 Å². The van der Waals surface area contributed by atoms with E-state index in [1.165, 1.54) is 25.7 Å². The normalized spacial score (nSPS) is 53.8. The van der Waals surface area contributed by atoms with Gasteiger partial charge in [-0.2, -0.15) is 0 Å². The van der Waals surface area contributed by atoms with E-state index in [1.54, 1.807) is 0 Å². The summed E-state index contributed by atoms with van der Waals surface area (Å²) in [6, 6.07) is 0. The third kappa shape index (κ3) is 2.29. The number of carbonyl (C=O) groups is 1. The minimum atomic E-state index is -0.599. The van der Waals surface area contributed by atoms with E-state index in [2.05, 4.69) is 34.6 Å². The summed E-state index contributed by atoms with van der Waals surface area (Å²) in [5.74, 6) is 0.181. The molecule has 4 aliphatic carbocycles. The quantitative estimate of drug-likeness (QED) is 0.718. The van der Waals surface area contributed by atoms with Crippen LogP contribution in [0.15, 0.2) is 0 Å². The zero-order valence-electron chi connectivity index (χ0n) is 16.4. The number of aliphatic hydroxyl groups is 1. The number of carboxylic acids is 1. The van der Waals surface area contributed by atoms with E-state index in [9.17, 15) is 15.0 Å². The van der Waals surface area contributed by atoms with Crippen LogP contribution in [-0.4, -0.2) is 22.3 Å². The minimum absolute atomic E-state index is 0.0492. The van der Waals surface area contributed by atoms with Gasteiger partial charge in [-0.15, -0.1) is 0 Å². The summed E-state index contributed by atoms with van der Waals surface area (Å²) < 4.78 is 0. The Morgan fingerprint density at radius 2 is 1.58 bits per heavy atom. The standard InChI is InChI=1S/C11H18O2.C10H18O/c1-9-4-5-10(2,6-9)11(3,7-9)8(12)13;1-9(2)7-4-5-10(3,6-7)8(9)11/h4-7H2,1-3H3,(H,12,13);7-8,11H,4-6H2,1-3H3. The molecule has 6 unspecified atom stereocenters. The highest BCUT2D eigenvalue weighted by Crippen LogP contribution is 2.69. The molecule has 24 heavy (non-hydrogen) atoms. The molecule has 0 amide bonds. The molecule has 4 rings (SSSR count). The second-order valence-corrected chi connectivity index (χ2v) is 11.2. The van der Waals surface area contributed by atoms with Crippen LogP contribution in [-0.2, 0) is 4.79 Å². The first kappa shape index (κ1) is 18.2. The Kier molecular flexibility index (Phi) is 3.79. The number of fused-ring (bicyclic) bond motifs is 4. The van der Waals surface area contributed by atoms with Crippen molar-refractivity contribution in [3.63, 3.8) is 0 Å². The van der Waals surface area contributed by atoms with E-state index in [0.29, 0.717) is 5.41 Å². The molecule has 4 aliphatic rings. The first-order chi connectivity index (χ1) is 10.8. The van der Waals surface area contributed by atoms with Crippen LogP contribution in [0.5, 0.6) is 0 Å². The maximum Gasteiger partial charge on any atom is 0.309 e. The van der Waals surface area contributed by atoms with Crippen LogP contribution < -0.4 is 0 Å². The first-order valence-electron chi connectivity index (χ1n) is 9.70. The van der Waals surface area contributed by atoms with Gasteiger partial charge in [-0.05, 0) is 79.4 Å². The van der Waals surface area contributed by atoms with Crippen molar-refractivity contribution in [3.8, 4) is 0 Å². The predicted octanol–water partition coefficient (Wildman–Crippen LogP) is 4.87. The van der Waals surface area contributed by atoms with Crippen molar-refractivity contribution in [2.75, 3.05) is 0 Å². The highest BCUT2D eigenvalue weighted by atomic mass is 16.4. The molecule has 0 radical (unpaired) electrons. The van der Waals surface area contributed by atoms with E-state index in [-0.39, 0.29) is 22.3 Å². The maximum atomic E-state index is 11.3. The fourth-order valence-electron chi connectivity index (χ4n) is 6.99. The molecule has 4 bridgehead atoms. The van der Waals surface area contributed by atoms with Crippen LogP contribution in [0.25, 0.3) is 0 Å². The average Bonchev–Trinajstić information content (AvgIpc) is 3.09. The monoisotopic (exact) mass is 336 g/mol. The number of rotatable bonds is 1. The molecule has 4 saturated carbocycles. The molecular formula is C21H36O3. The van der Waals surface area contributed by atoms with Crippen molar-refractivity contribution in [3.05, 3.63) is 0 Å². The Morgan fingerprint density at radius 1 is 0.958 bits per heavy atom. The largest absolute Gasteiger partial charge is 0.481 e. The molecule has 3 heteroatoms. The lowest BCUT2D eigenvalue weighted by Crippen LogP contribution is -2.40. The molecule has 0 aliphatic heterocycles. The van der Waals surface area contributed by atoms with Gasteiger partial charge in [-0.25, -0.2) is 0 Å². The summed E-state index contributed by atoms with van der Waals surface area (Å²) in [4.78, 5) is 11.3. The van der Waals surface area contributed by atoms with Gasteiger partial charge in [-0.3, -0.25) is 4.79 Å². The molecule has 138 valence electrons. The molecule has 6 atom stereocenters. The van der Waals surface area contributed by atoms with Crippen molar-refractivity contribution in [2.45, 2.75) is 92.6 Å². The van der Waals surface area contributed by atoms with Gasteiger partial charge in [0.25, 0.3) is 0 Å². The van der Waals surface area contributed by atoms with Crippen LogP contribution in [0.2, 0.25) is 0 Å². The third-order valence-electron chi connectivity index (χ3n) is 8.88. The van der Waals surface area contributed by atoms with Gasteiger partial charge in [-0.1, -0.05) is 34.6 Å². The third-order valence-corrected chi connectivity index (χ3v) is 8.88. The number of carboxylic acid groups (broad SMARTS) is 1. The summed E-state index contributed by atoms with van der Waals surface area (Å²) in [6.45, 7) is 13.0. The van der Waals surface area contributed by atoms with Crippen LogP contribution >= 0.6 is 0 Å². The molecule has 0 aromatic heterocycles. The molecule has 3 nitrogen and oxygen atoms in total. The highest BCUT2D eigenvalue weighted by molar-refractivity contribution is 5.76. The molecule has 0 aromatic rings. The minimum Gasteiger partial charge on any atom is -0.481 e. The summed E-state index contributed by atoms with van der Waals surface area (Å²) in [6.07, 6.45) is 8.03. The molecule has 4 fully saturated rings. The summed E-state index contributed by atoms with van der Waals surface area (Å²) >= 11 is 0. The van der Waals surface area contributed by atoms with Crippen LogP contribution in [0.3, 0.4) is 0 Å². The zero-order valence-corrected chi connectivity index (χ0v) is 16.4. The second-order valence-electron chi connectivity index (χ2n) is 11.2. The van der Waals surface area contributed by atoms with Gasteiger partial charge < -0.3 is 10.2 Å². The predicted molar refractivity (Wildman–Crippen MR) is 95.7 cm³/mol. The number of aliphatic hydroxyl groups excluding tert-OH is 1. The topological polar surface area (TPSA) is 57.5 Å². The fourth-order valence-corrected chi connectivity index (χ4v) is 6.99. The summed E-state index contributed by atoms with van der Waals surface area (Å²) in [7, 11) is 0.